The average molecular weight is 783 g/mol. The van der Waals surface area contributed by atoms with Crippen molar-refractivity contribution in [3.63, 3.8) is 0 Å². The second-order valence-electron chi connectivity index (χ2n) is 12.6. The van der Waals surface area contributed by atoms with E-state index < -0.39 is 30.0 Å². The molecular formula is C36H56BrN5O9. The van der Waals surface area contributed by atoms with Gasteiger partial charge in [0.2, 0.25) is 5.91 Å². The van der Waals surface area contributed by atoms with Gasteiger partial charge in [0.1, 0.15) is 11.8 Å². The van der Waals surface area contributed by atoms with E-state index in [1.54, 1.807) is 18.2 Å². The number of nitrogens with one attached hydrogen (secondary N) is 2. The number of nitrogens with zero attached hydrogens (tertiary/aromatic N) is 1. The van der Waals surface area contributed by atoms with E-state index >= 15 is 0 Å². The van der Waals surface area contributed by atoms with Gasteiger partial charge < -0.3 is 37.1 Å². The van der Waals surface area contributed by atoms with Gasteiger partial charge in [-0.15, -0.1) is 0 Å². The molecule has 2 amide bonds. The molecule has 0 aromatic heterocycles. The van der Waals surface area contributed by atoms with Crippen LogP contribution in [0, 0.1) is 5.92 Å². The van der Waals surface area contributed by atoms with Gasteiger partial charge in [0.25, 0.3) is 0 Å². The molecule has 0 aliphatic rings. The van der Waals surface area contributed by atoms with E-state index in [4.69, 9.17) is 21.3 Å². The molecule has 0 heterocycles. The van der Waals surface area contributed by atoms with E-state index in [9.17, 15) is 33.9 Å². The lowest BCUT2D eigenvalue weighted by molar-refractivity contribution is -0.144. The molecule has 0 saturated heterocycles. The Hall–Kier alpha value is -4.01. The summed E-state index contributed by atoms with van der Waals surface area (Å²) < 4.78 is 5.76. The van der Waals surface area contributed by atoms with Crippen LogP contribution in [0.1, 0.15) is 132 Å². The van der Waals surface area contributed by atoms with Gasteiger partial charge in [0.15, 0.2) is 11.7 Å². The number of aliphatic carboxylic acids is 2. The zero-order valence-corrected chi connectivity index (χ0v) is 31.3. The maximum Gasteiger partial charge on any atom is 0.407 e. The minimum Gasteiger partial charge on any atom is -0.481 e. The molecule has 2 atom stereocenters. The third-order valence-corrected chi connectivity index (χ3v) is 8.98. The Labute approximate surface area is 309 Å². The summed E-state index contributed by atoms with van der Waals surface area (Å²) in [6.45, 7) is 2.81. The van der Waals surface area contributed by atoms with Crippen LogP contribution in [0.15, 0.2) is 27.7 Å². The molecule has 1 rings (SSSR count). The number of aliphatic imine (C=N–C) groups is 1. The third kappa shape index (κ3) is 21.7. The first-order valence-electron chi connectivity index (χ1n) is 17.9. The Kier molecular flexibility index (Phi) is 23.6. The van der Waals surface area contributed by atoms with Crippen molar-refractivity contribution in [2.24, 2.45) is 22.4 Å². The molecule has 8 N–H and O–H groups in total. The molecule has 1 aromatic carbocycles. The summed E-state index contributed by atoms with van der Waals surface area (Å²) in [5.74, 6) is -2.95. The SMILES string of the molecule is CCC[C@H](NC(=O)OCCCCCNC(=O)CCCCCCC(=O)CC(CCCCCC(=O)c1ccc(CN=C(N)N)c([80Br])c1)C(=O)O)C(=O)O. The molecule has 0 aliphatic carbocycles. The van der Waals surface area contributed by atoms with Gasteiger partial charge >= 0.3 is 18.0 Å². The van der Waals surface area contributed by atoms with E-state index in [1.165, 1.54) is 0 Å². The number of Topliss-reactive ketones (excluding diaryl/α,β-unsaturated/α-hetero) is 2. The number of unbranched alkanes of at least 4 members (excludes halogenated alkanes) is 7. The number of hydrogen-bond donors (Lipinski definition) is 6. The first kappa shape index (κ1) is 45.0. The number of rotatable bonds is 29. The number of carboxylic acid groups (broad SMARTS) is 2. The first-order valence-corrected chi connectivity index (χ1v) is 18.7. The minimum absolute atomic E-state index is 0.000362. The average Bonchev–Trinajstić information content (AvgIpc) is 3.07. The van der Waals surface area contributed by atoms with Crippen molar-refractivity contribution in [1.29, 1.82) is 0 Å². The Balaban J connectivity index is 2.12. The number of nitrogens with two attached hydrogens (primary N) is 2. The van der Waals surface area contributed by atoms with Crippen LogP contribution in [0.5, 0.6) is 0 Å². The van der Waals surface area contributed by atoms with Crippen molar-refractivity contribution < 1.29 is 43.7 Å². The molecule has 51 heavy (non-hydrogen) atoms. The molecule has 15 heteroatoms. The smallest absolute Gasteiger partial charge is 0.407 e. The van der Waals surface area contributed by atoms with E-state index in [-0.39, 0.29) is 36.5 Å². The molecule has 0 spiro atoms. The largest absolute Gasteiger partial charge is 0.481 e. The maximum atomic E-state index is 12.6. The molecule has 0 saturated carbocycles. The summed E-state index contributed by atoms with van der Waals surface area (Å²) in [4.78, 5) is 75.6. The van der Waals surface area contributed by atoms with Crippen molar-refractivity contribution >= 4 is 57.4 Å². The predicted octanol–water partition coefficient (Wildman–Crippen LogP) is 5.62. The molecule has 0 aliphatic heterocycles. The summed E-state index contributed by atoms with van der Waals surface area (Å²) in [6.07, 6.45) is 8.54. The highest BCUT2D eigenvalue weighted by atomic mass is 79.9. The zero-order chi connectivity index (χ0) is 38.0. The van der Waals surface area contributed by atoms with Gasteiger partial charge in [-0.1, -0.05) is 67.1 Å². The summed E-state index contributed by atoms with van der Waals surface area (Å²) in [7, 11) is 0. The lowest BCUT2D eigenvalue weighted by Crippen LogP contribution is -2.41. The molecule has 0 fully saturated rings. The number of alkyl carbamates (subject to hydrolysis) is 1. The van der Waals surface area contributed by atoms with Crippen LogP contribution in [0.4, 0.5) is 4.79 Å². The number of carbonyl (C=O) groups excluding carboxylic acids is 4. The number of ether oxygens (including phenoxy) is 1. The highest BCUT2D eigenvalue weighted by molar-refractivity contribution is 9.10. The summed E-state index contributed by atoms with van der Waals surface area (Å²) in [6, 6.07) is 4.32. The van der Waals surface area contributed by atoms with Crippen LogP contribution in [0.2, 0.25) is 0 Å². The van der Waals surface area contributed by atoms with Gasteiger partial charge in [0.05, 0.1) is 19.1 Å². The van der Waals surface area contributed by atoms with Crippen molar-refractivity contribution in [3.8, 4) is 0 Å². The van der Waals surface area contributed by atoms with Gasteiger partial charge in [-0.25, -0.2) is 14.6 Å². The standard InChI is InChI=1S/C36H56BrN5O9/c1-2-13-30(34(48)49)42-36(50)51-21-12-6-11-20-40-32(45)17-10-4-3-8-15-28(43)22-26(33(46)47)14-7-5-9-16-31(44)25-18-19-27(29(37)23-25)24-41-35(38)39/h18-19,23,26,30H,2-17,20-22,24H2,1H3,(H,40,45)(H,42,50)(H,46,47)(H,48,49)(H4,38,39,41)/t26?,30-/m0/s1/i37+0. The highest BCUT2D eigenvalue weighted by Crippen LogP contribution is 2.22. The van der Waals surface area contributed by atoms with E-state index in [0.29, 0.717) is 95.7 Å². The second kappa shape index (κ2) is 26.8. The lowest BCUT2D eigenvalue weighted by Gasteiger charge is -2.13. The maximum absolute atomic E-state index is 12.6. The number of guanidine groups is 1. The van der Waals surface area contributed by atoms with Crippen molar-refractivity contribution in [3.05, 3.63) is 33.8 Å². The molecule has 1 aromatic rings. The van der Waals surface area contributed by atoms with E-state index in [0.717, 1.165) is 35.7 Å². The van der Waals surface area contributed by atoms with Crippen molar-refractivity contribution in [2.45, 2.75) is 129 Å². The molecule has 14 nitrogen and oxygen atoms in total. The van der Waals surface area contributed by atoms with Gasteiger partial charge in [-0.05, 0) is 63.0 Å². The predicted molar refractivity (Wildman–Crippen MR) is 197 cm³/mol. The number of ketones is 2. The Morgan fingerprint density at radius 1 is 0.843 bits per heavy atom. The van der Waals surface area contributed by atoms with E-state index in [2.05, 4.69) is 31.6 Å². The Bertz CT molecular complexity index is 1300. The van der Waals surface area contributed by atoms with Gasteiger partial charge in [-0.3, -0.25) is 19.2 Å². The molecule has 0 radical (unpaired) electrons. The topological polar surface area (TPSA) is 241 Å². The summed E-state index contributed by atoms with van der Waals surface area (Å²) in [5.41, 5.74) is 12.2. The zero-order valence-electron chi connectivity index (χ0n) is 29.8. The summed E-state index contributed by atoms with van der Waals surface area (Å²) >= 11 is 3.44. The van der Waals surface area contributed by atoms with Crippen LogP contribution in [-0.4, -0.2) is 70.9 Å². The van der Waals surface area contributed by atoms with Crippen LogP contribution >= 0.6 is 15.9 Å². The van der Waals surface area contributed by atoms with Gasteiger partial charge in [0, 0.05) is 42.3 Å². The Morgan fingerprint density at radius 2 is 1.51 bits per heavy atom. The number of benzene rings is 1. The van der Waals surface area contributed by atoms with E-state index in [1.807, 2.05) is 6.92 Å². The number of halogens is 1. The van der Waals surface area contributed by atoms with Crippen LogP contribution in [0.3, 0.4) is 0 Å². The number of carbonyl (C=O) groups is 6. The van der Waals surface area contributed by atoms with Crippen LogP contribution in [0.25, 0.3) is 0 Å². The molecular weight excluding hydrogens is 726 g/mol. The minimum atomic E-state index is -1.09. The first-order chi connectivity index (χ1) is 24.3. The number of hydrogen-bond acceptors (Lipinski definition) is 8. The van der Waals surface area contributed by atoms with Gasteiger partial charge in [-0.2, -0.15) is 0 Å². The lowest BCUT2D eigenvalue weighted by atomic mass is 9.93. The monoisotopic (exact) mass is 782 g/mol. The van der Waals surface area contributed by atoms with Crippen molar-refractivity contribution in [2.75, 3.05) is 13.2 Å². The Morgan fingerprint density at radius 3 is 2.16 bits per heavy atom. The van der Waals surface area contributed by atoms with Crippen LogP contribution < -0.4 is 22.1 Å². The molecule has 286 valence electrons. The van der Waals surface area contributed by atoms with Crippen LogP contribution in [-0.2, 0) is 30.5 Å². The molecule has 1 unspecified atom stereocenters. The number of carboxylic acids is 2. The fraction of sp³-hybridized carbons (Fsp3) is 0.639. The quantitative estimate of drug-likeness (QED) is 0.0252. The number of amides is 2. The second-order valence-corrected chi connectivity index (χ2v) is 13.5. The van der Waals surface area contributed by atoms with Crippen molar-refractivity contribution in [1.82, 2.24) is 10.6 Å². The molecule has 0 bridgehead atoms. The summed E-state index contributed by atoms with van der Waals surface area (Å²) in [5, 5.41) is 23.9. The fourth-order valence-corrected chi connectivity index (χ4v) is 5.79. The fourth-order valence-electron chi connectivity index (χ4n) is 5.29. The third-order valence-electron chi connectivity index (χ3n) is 8.24. The highest BCUT2D eigenvalue weighted by Gasteiger charge is 2.21. The normalized spacial score (nSPS) is 12.0.